The lowest BCUT2D eigenvalue weighted by Gasteiger charge is -2.08. The third-order valence-corrected chi connectivity index (χ3v) is 3.78. The van der Waals surface area contributed by atoms with Crippen LogP contribution in [0.3, 0.4) is 0 Å². The summed E-state index contributed by atoms with van der Waals surface area (Å²) < 4.78 is 58.9. The number of aromatic nitrogens is 4. The second kappa shape index (κ2) is 6.35. The molecule has 136 valence electrons. The predicted molar refractivity (Wildman–Crippen MR) is 87.7 cm³/mol. The fraction of sp³-hybridized carbons (Fsp3) is 0.0556. The van der Waals surface area contributed by atoms with Crippen molar-refractivity contribution in [3.8, 4) is 22.9 Å². The number of fused-ring (bicyclic) bond motifs is 1. The monoisotopic (exact) mass is 374 g/mol. The first-order valence-electron chi connectivity index (χ1n) is 7.71. The van der Waals surface area contributed by atoms with Crippen molar-refractivity contribution in [1.29, 1.82) is 0 Å². The average Bonchev–Trinajstić information content (AvgIpc) is 3.08. The minimum absolute atomic E-state index is 0.0279. The quantitative estimate of drug-likeness (QED) is 0.486. The highest BCUT2D eigenvalue weighted by molar-refractivity contribution is 5.64. The van der Waals surface area contributed by atoms with E-state index in [1.165, 1.54) is 42.9 Å². The Morgan fingerprint density at radius 1 is 0.852 bits per heavy atom. The Labute approximate surface area is 149 Å². The van der Waals surface area contributed by atoms with Gasteiger partial charge in [-0.25, -0.2) is 19.3 Å². The topological polar surface area (TPSA) is 52.3 Å². The van der Waals surface area contributed by atoms with Gasteiger partial charge in [0.05, 0.1) is 11.7 Å². The second-order valence-electron chi connectivity index (χ2n) is 5.58. The van der Waals surface area contributed by atoms with E-state index in [1.807, 2.05) is 0 Å². The number of ether oxygens (including phenoxy) is 1. The number of para-hydroxylation sites is 1. The van der Waals surface area contributed by atoms with Crippen molar-refractivity contribution in [1.82, 2.24) is 19.4 Å². The van der Waals surface area contributed by atoms with Crippen LogP contribution in [0.5, 0.6) is 11.8 Å². The molecule has 0 bridgehead atoms. The zero-order valence-corrected chi connectivity index (χ0v) is 13.5. The van der Waals surface area contributed by atoms with E-state index < -0.39 is 17.8 Å². The van der Waals surface area contributed by atoms with Crippen molar-refractivity contribution in [3.63, 3.8) is 0 Å². The lowest BCUT2D eigenvalue weighted by molar-refractivity contribution is -0.145. The standard InChI is InChI=1S/C18H10F4N4O/c19-14-3-1-2-4-15(14)27-17-24-7-12(8-25-17)11-5-6-13-9-23-16(18(20,21)22)26(13)10-11/h1-10H. The highest BCUT2D eigenvalue weighted by atomic mass is 19.4. The van der Waals surface area contributed by atoms with Gasteiger partial charge in [-0.3, -0.25) is 4.40 Å². The third-order valence-electron chi connectivity index (χ3n) is 3.78. The Kier molecular flexibility index (Phi) is 3.98. The molecule has 0 radical (unpaired) electrons. The number of benzene rings is 1. The number of alkyl halides is 3. The van der Waals surface area contributed by atoms with Gasteiger partial charge < -0.3 is 4.74 Å². The fourth-order valence-corrected chi connectivity index (χ4v) is 2.51. The number of rotatable bonds is 3. The number of hydrogen-bond donors (Lipinski definition) is 0. The van der Waals surface area contributed by atoms with Crippen LogP contribution in [0, 0.1) is 5.82 Å². The molecule has 0 aliphatic heterocycles. The van der Waals surface area contributed by atoms with Crippen LogP contribution in [0.25, 0.3) is 16.6 Å². The van der Waals surface area contributed by atoms with Gasteiger partial charge in [0.15, 0.2) is 11.6 Å². The molecule has 5 nitrogen and oxygen atoms in total. The molecule has 9 heteroatoms. The number of pyridine rings is 1. The van der Waals surface area contributed by atoms with Gasteiger partial charge in [-0.1, -0.05) is 18.2 Å². The first-order chi connectivity index (χ1) is 12.9. The summed E-state index contributed by atoms with van der Waals surface area (Å²) in [6, 6.07) is 8.86. The number of nitrogens with zero attached hydrogens (tertiary/aromatic N) is 4. The molecule has 0 saturated heterocycles. The van der Waals surface area contributed by atoms with Crippen molar-refractivity contribution in [2.75, 3.05) is 0 Å². The van der Waals surface area contributed by atoms with E-state index in [2.05, 4.69) is 15.0 Å². The van der Waals surface area contributed by atoms with Crippen LogP contribution in [0.1, 0.15) is 5.82 Å². The summed E-state index contributed by atoms with van der Waals surface area (Å²) in [6.07, 6.45) is 0.651. The number of hydrogen-bond acceptors (Lipinski definition) is 4. The highest BCUT2D eigenvalue weighted by Gasteiger charge is 2.35. The van der Waals surface area contributed by atoms with Gasteiger partial charge in [-0.15, -0.1) is 0 Å². The summed E-state index contributed by atoms with van der Waals surface area (Å²) in [5.41, 5.74) is 1.24. The summed E-state index contributed by atoms with van der Waals surface area (Å²) in [5, 5.41) is 0. The second-order valence-corrected chi connectivity index (χ2v) is 5.58. The van der Waals surface area contributed by atoms with Crippen LogP contribution >= 0.6 is 0 Å². The molecule has 0 amide bonds. The van der Waals surface area contributed by atoms with Gasteiger partial charge >= 0.3 is 12.2 Å². The molecule has 0 spiro atoms. The summed E-state index contributed by atoms with van der Waals surface area (Å²) in [4.78, 5) is 11.4. The van der Waals surface area contributed by atoms with E-state index in [0.29, 0.717) is 16.6 Å². The maximum Gasteiger partial charge on any atom is 0.450 e. The minimum atomic E-state index is -4.57. The molecule has 0 aliphatic carbocycles. The Hall–Kier alpha value is -3.49. The Morgan fingerprint density at radius 3 is 2.30 bits per heavy atom. The maximum absolute atomic E-state index is 13.6. The predicted octanol–water partition coefficient (Wildman–Crippen LogP) is 4.74. The van der Waals surface area contributed by atoms with Crippen molar-refractivity contribution in [3.05, 3.63) is 72.8 Å². The Balaban J connectivity index is 1.65. The van der Waals surface area contributed by atoms with Crippen molar-refractivity contribution in [2.45, 2.75) is 6.18 Å². The van der Waals surface area contributed by atoms with Crippen LogP contribution in [0.4, 0.5) is 17.6 Å². The molecule has 4 rings (SSSR count). The minimum Gasteiger partial charge on any atom is -0.421 e. The molecule has 4 aromatic rings. The maximum atomic E-state index is 13.6. The SMILES string of the molecule is Fc1ccccc1Oc1ncc(-c2ccc3cnc(C(F)(F)F)n3c2)cn1. The van der Waals surface area contributed by atoms with E-state index in [0.717, 1.165) is 10.6 Å². The lowest BCUT2D eigenvalue weighted by atomic mass is 10.1. The summed E-state index contributed by atoms with van der Waals surface area (Å²) >= 11 is 0. The van der Waals surface area contributed by atoms with Crippen molar-refractivity contribution in [2.24, 2.45) is 0 Å². The van der Waals surface area contributed by atoms with Crippen LogP contribution in [-0.2, 0) is 6.18 Å². The van der Waals surface area contributed by atoms with Crippen LogP contribution in [0.15, 0.2) is 61.2 Å². The molecule has 0 saturated carbocycles. The van der Waals surface area contributed by atoms with Gasteiger partial charge in [0.1, 0.15) is 0 Å². The number of halogens is 4. The third kappa shape index (κ3) is 3.31. The summed E-state index contributed by atoms with van der Waals surface area (Å²) in [6.45, 7) is 0. The smallest absolute Gasteiger partial charge is 0.421 e. The van der Waals surface area contributed by atoms with Gasteiger partial charge in [0.25, 0.3) is 0 Å². The molecule has 3 heterocycles. The first-order valence-corrected chi connectivity index (χ1v) is 7.71. The van der Waals surface area contributed by atoms with Gasteiger partial charge in [0, 0.05) is 29.7 Å². The molecule has 0 unspecified atom stereocenters. The Morgan fingerprint density at radius 2 is 1.59 bits per heavy atom. The molecule has 0 N–H and O–H groups in total. The van der Waals surface area contributed by atoms with Crippen molar-refractivity contribution >= 4 is 5.52 Å². The van der Waals surface area contributed by atoms with E-state index in [-0.39, 0.29) is 11.8 Å². The molecule has 1 aromatic carbocycles. The molecular weight excluding hydrogens is 364 g/mol. The Bertz CT molecular complexity index is 1110. The van der Waals surface area contributed by atoms with Gasteiger partial charge in [0.2, 0.25) is 5.82 Å². The molecule has 27 heavy (non-hydrogen) atoms. The number of imidazole rings is 1. The van der Waals surface area contributed by atoms with E-state index in [1.54, 1.807) is 12.1 Å². The van der Waals surface area contributed by atoms with E-state index in [9.17, 15) is 17.6 Å². The van der Waals surface area contributed by atoms with Gasteiger partial charge in [-0.2, -0.15) is 13.2 Å². The summed E-state index contributed by atoms with van der Waals surface area (Å²) in [7, 11) is 0. The van der Waals surface area contributed by atoms with Crippen LogP contribution in [0.2, 0.25) is 0 Å². The fourth-order valence-electron chi connectivity index (χ4n) is 2.51. The zero-order chi connectivity index (χ0) is 19.0. The van der Waals surface area contributed by atoms with Crippen LogP contribution in [-0.4, -0.2) is 19.4 Å². The molecule has 0 aliphatic rings. The van der Waals surface area contributed by atoms with E-state index in [4.69, 9.17) is 4.74 Å². The molecular formula is C18H10F4N4O. The summed E-state index contributed by atoms with van der Waals surface area (Å²) in [5.74, 6) is -1.60. The van der Waals surface area contributed by atoms with E-state index >= 15 is 0 Å². The normalized spacial score (nSPS) is 11.7. The zero-order valence-electron chi connectivity index (χ0n) is 13.5. The largest absolute Gasteiger partial charge is 0.450 e. The molecule has 0 atom stereocenters. The molecule has 0 fully saturated rings. The van der Waals surface area contributed by atoms with Crippen molar-refractivity contribution < 1.29 is 22.3 Å². The van der Waals surface area contributed by atoms with Crippen LogP contribution < -0.4 is 4.74 Å². The lowest BCUT2D eigenvalue weighted by Crippen LogP contribution is -2.10. The highest BCUT2D eigenvalue weighted by Crippen LogP contribution is 2.30. The first kappa shape index (κ1) is 17.0. The molecule has 3 aromatic heterocycles. The van der Waals surface area contributed by atoms with Gasteiger partial charge in [-0.05, 0) is 18.2 Å². The average molecular weight is 374 g/mol.